The third kappa shape index (κ3) is 2.21. The first-order valence-electron chi connectivity index (χ1n) is 9.11. The maximum atomic E-state index is 12.6. The van der Waals surface area contributed by atoms with Crippen LogP contribution in [0.15, 0.2) is 24.4 Å². The highest BCUT2D eigenvalue weighted by molar-refractivity contribution is 5.97. The summed E-state index contributed by atoms with van der Waals surface area (Å²) in [7, 11) is 0. The molecule has 5 nitrogen and oxygen atoms in total. The van der Waals surface area contributed by atoms with Gasteiger partial charge in [-0.05, 0) is 64.2 Å². The summed E-state index contributed by atoms with van der Waals surface area (Å²) in [6.07, 6.45) is 6.65. The van der Waals surface area contributed by atoms with E-state index >= 15 is 0 Å². The molecule has 6 rings (SSSR count). The second-order valence-corrected chi connectivity index (χ2v) is 8.89. The lowest BCUT2D eigenvalue weighted by Gasteiger charge is -2.74. The van der Waals surface area contributed by atoms with Gasteiger partial charge in [-0.1, -0.05) is 0 Å². The minimum absolute atomic E-state index is 0.00888. The van der Waals surface area contributed by atoms with Crippen LogP contribution in [0.25, 0.3) is 11.0 Å². The average Bonchev–Trinajstić information content (AvgIpc) is 3.31. The Kier molecular flexibility index (Phi) is 2.80. The summed E-state index contributed by atoms with van der Waals surface area (Å²) in [5, 5.41) is 14.3. The monoisotopic (exact) mass is 337 g/mol. The molecule has 2 bridgehead atoms. The molecule has 2 aromatic rings. The van der Waals surface area contributed by atoms with Gasteiger partial charge in [0.1, 0.15) is 0 Å². The molecule has 1 amide bonds. The Morgan fingerprint density at radius 1 is 1.28 bits per heavy atom. The topological polar surface area (TPSA) is 75.1 Å². The van der Waals surface area contributed by atoms with Crippen LogP contribution in [0.1, 0.15) is 67.9 Å². The standard InChI is InChI=1S/C20H23N3O2/c1-18(2,25)19-9-20(10-19,11-19)23-17(24)14-7-13-5-6-15(12-3-4-12)22-16(13)21-8-14/h5-8,12,25H,3-4,9-11H2,1-2H3,(H,23,24). The van der Waals surface area contributed by atoms with Gasteiger partial charge in [0.15, 0.2) is 5.65 Å². The number of fused-ring (bicyclic) bond motifs is 1. The molecule has 2 N–H and O–H groups in total. The molecule has 0 spiro atoms. The maximum absolute atomic E-state index is 12.6. The molecule has 0 radical (unpaired) electrons. The van der Waals surface area contributed by atoms with Crippen LogP contribution in [0.3, 0.4) is 0 Å². The highest BCUT2D eigenvalue weighted by Crippen LogP contribution is 2.71. The van der Waals surface area contributed by atoms with E-state index in [2.05, 4.69) is 21.4 Å². The number of aromatic nitrogens is 2. The number of nitrogens with zero attached hydrogens (tertiary/aromatic N) is 2. The van der Waals surface area contributed by atoms with Crippen LogP contribution in [0.4, 0.5) is 0 Å². The maximum Gasteiger partial charge on any atom is 0.253 e. The first-order chi connectivity index (χ1) is 11.8. The zero-order valence-electron chi connectivity index (χ0n) is 14.7. The fraction of sp³-hybridized carbons (Fsp3) is 0.550. The molecular formula is C20H23N3O2. The van der Waals surface area contributed by atoms with Crippen LogP contribution in [0.2, 0.25) is 0 Å². The molecule has 0 atom stereocenters. The Labute approximate surface area is 146 Å². The Morgan fingerprint density at radius 2 is 2.00 bits per heavy atom. The molecule has 130 valence electrons. The van der Waals surface area contributed by atoms with Crippen LogP contribution < -0.4 is 5.32 Å². The summed E-state index contributed by atoms with van der Waals surface area (Å²) < 4.78 is 0. The second kappa shape index (κ2) is 4.58. The van der Waals surface area contributed by atoms with Crippen LogP contribution in [-0.2, 0) is 0 Å². The minimum Gasteiger partial charge on any atom is -0.390 e. The molecule has 4 fully saturated rings. The van der Waals surface area contributed by atoms with Gasteiger partial charge in [0.2, 0.25) is 0 Å². The number of pyridine rings is 2. The van der Waals surface area contributed by atoms with Crippen molar-refractivity contribution >= 4 is 16.9 Å². The lowest BCUT2D eigenvalue weighted by molar-refractivity contribution is -0.247. The first-order valence-corrected chi connectivity index (χ1v) is 9.11. The third-order valence-corrected chi connectivity index (χ3v) is 6.53. The van der Waals surface area contributed by atoms with Crippen molar-refractivity contribution in [3.63, 3.8) is 0 Å². The molecule has 2 heterocycles. The average molecular weight is 337 g/mol. The second-order valence-electron chi connectivity index (χ2n) is 8.89. The van der Waals surface area contributed by atoms with E-state index in [9.17, 15) is 9.90 Å². The minimum atomic E-state index is -0.672. The number of carbonyl (C=O) groups excluding carboxylic acids is 1. The summed E-state index contributed by atoms with van der Waals surface area (Å²) in [5.74, 6) is 0.520. The van der Waals surface area contributed by atoms with E-state index in [0.717, 1.165) is 30.3 Å². The summed E-state index contributed by atoms with van der Waals surface area (Å²) in [6, 6.07) is 5.94. The molecule has 0 aromatic carbocycles. The number of amides is 1. The molecule has 4 aliphatic rings. The van der Waals surface area contributed by atoms with E-state index in [1.165, 1.54) is 12.8 Å². The number of hydrogen-bond acceptors (Lipinski definition) is 4. The highest BCUT2D eigenvalue weighted by atomic mass is 16.3. The predicted octanol–water partition coefficient (Wildman–Crippen LogP) is 2.93. The normalized spacial score (nSPS) is 30.5. The van der Waals surface area contributed by atoms with Crippen molar-refractivity contribution in [3.8, 4) is 0 Å². The molecule has 4 aliphatic carbocycles. The van der Waals surface area contributed by atoms with Gasteiger partial charge >= 0.3 is 0 Å². The van der Waals surface area contributed by atoms with E-state index in [1.54, 1.807) is 6.20 Å². The van der Waals surface area contributed by atoms with Crippen molar-refractivity contribution in [2.24, 2.45) is 5.41 Å². The molecule has 25 heavy (non-hydrogen) atoms. The quantitative estimate of drug-likeness (QED) is 0.899. The zero-order valence-corrected chi connectivity index (χ0v) is 14.7. The van der Waals surface area contributed by atoms with Crippen molar-refractivity contribution in [2.75, 3.05) is 0 Å². The summed E-state index contributed by atoms with van der Waals surface area (Å²) in [4.78, 5) is 21.6. The molecule has 0 unspecified atom stereocenters. The van der Waals surface area contributed by atoms with E-state index in [-0.39, 0.29) is 16.9 Å². The lowest BCUT2D eigenvalue weighted by atomic mass is 9.35. The highest BCUT2D eigenvalue weighted by Gasteiger charge is 2.73. The Balaban J connectivity index is 1.32. The fourth-order valence-corrected chi connectivity index (χ4v) is 4.64. The largest absolute Gasteiger partial charge is 0.390 e. The van der Waals surface area contributed by atoms with Crippen molar-refractivity contribution < 1.29 is 9.90 Å². The van der Waals surface area contributed by atoms with Crippen LogP contribution in [0.5, 0.6) is 0 Å². The number of carbonyl (C=O) groups is 1. The van der Waals surface area contributed by atoms with Gasteiger partial charge in [-0.2, -0.15) is 0 Å². The van der Waals surface area contributed by atoms with E-state index in [1.807, 2.05) is 26.0 Å². The Bertz CT molecular complexity index is 876. The van der Waals surface area contributed by atoms with Crippen molar-refractivity contribution in [1.29, 1.82) is 0 Å². The first kappa shape index (κ1) is 15.3. The summed E-state index contributed by atoms with van der Waals surface area (Å²) >= 11 is 0. The van der Waals surface area contributed by atoms with E-state index in [0.29, 0.717) is 17.1 Å². The molecule has 2 aromatic heterocycles. The van der Waals surface area contributed by atoms with Crippen LogP contribution in [-0.4, -0.2) is 32.1 Å². The van der Waals surface area contributed by atoms with E-state index < -0.39 is 5.60 Å². The smallest absolute Gasteiger partial charge is 0.253 e. The third-order valence-electron chi connectivity index (χ3n) is 6.53. The fourth-order valence-electron chi connectivity index (χ4n) is 4.64. The number of nitrogens with one attached hydrogen (secondary N) is 1. The molecule has 0 saturated heterocycles. The SMILES string of the molecule is CC(C)(O)C12CC(NC(=O)c3cnc4nc(C5CC5)ccc4c3)(C1)C2. The van der Waals surface area contributed by atoms with Gasteiger partial charge in [0.05, 0.1) is 11.2 Å². The van der Waals surface area contributed by atoms with Gasteiger partial charge < -0.3 is 10.4 Å². The Morgan fingerprint density at radius 3 is 2.64 bits per heavy atom. The molecule has 5 heteroatoms. The molecule has 4 saturated carbocycles. The lowest BCUT2D eigenvalue weighted by Crippen LogP contribution is -2.79. The van der Waals surface area contributed by atoms with Crippen molar-refractivity contribution in [3.05, 3.63) is 35.7 Å². The summed E-state index contributed by atoms with van der Waals surface area (Å²) in [5.41, 5.74) is 1.60. The van der Waals surface area contributed by atoms with Gasteiger partial charge in [-0.25, -0.2) is 9.97 Å². The summed E-state index contributed by atoms with van der Waals surface area (Å²) in [6.45, 7) is 3.74. The Hall–Kier alpha value is -2.01. The van der Waals surface area contributed by atoms with Crippen molar-refractivity contribution in [2.45, 2.75) is 63.0 Å². The van der Waals surface area contributed by atoms with Gasteiger partial charge in [0, 0.05) is 34.1 Å². The van der Waals surface area contributed by atoms with Crippen molar-refractivity contribution in [1.82, 2.24) is 15.3 Å². The molecular weight excluding hydrogens is 314 g/mol. The van der Waals surface area contributed by atoms with Gasteiger partial charge in [-0.3, -0.25) is 4.79 Å². The zero-order chi connectivity index (χ0) is 17.4. The number of hydrogen-bond donors (Lipinski definition) is 2. The molecule has 0 aliphatic heterocycles. The van der Waals surface area contributed by atoms with Crippen LogP contribution >= 0.6 is 0 Å². The number of aliphatic hydroxyl groups is 1. The van der Waals surface area contributed by atoms with E-state index in [4.69, 9.17) is 0 Å². The predicted molar refractivity (Wildman–Crippen MR) is 94.3 cm³/mol. The van der Waals surface area contributed by atoms with Gasteiger partial charge in [-0.15, -0.1) is 0 Å². The number of rotatable bonds is 4. The van der Waals surface area contributed by atoms with Gasteiger partial charge in [0.25, 0.3) is 5.91 Å². The van der Waals surface area contributed by atoms with Crippen LogP contribution in [0, 0.1) is 5.41 Å².